The van der Waals surface area contributed by atoms with E-state index in [0.717, 1.165) is 29.0 Å². The molecule has 0 bridgehead atoms. The fourth-order valence-corrected chi connectivity index (χ4v) is 2.79. The lowest BCUT2D eigenvalue weighted by Crippen LogP contribution is -1.98. The molecule has 5 heteroatoms. The lowest BCUT2D eigenvalue weighted by atomic mass is 10.2. The number of nitrogen functional groups attached to an aromatic ring is 1. The minimum atomic E-state index is 0.604. The number of benzene rings is 2. The minimum absolute atomic E-state index is 0.604. The Kier molecular flexibility index (Phi) is 3.32. The van der Waals surface area contributed by atoms with Crippen LogP contribution in [0, 0.1) is 0 Å². The van der Waals surface area contributed by atoms with E-state index in [4.69, 9.17) is 28.9 Å². The van der Waals surface area contributed by atoms with Crippen LogP contribution in [0.15, 0.2) is 36.4 Å². The van der Waals surface area contributed by atoms with E-state index in [1.807, 2.05) is 30.3 Å². The van der Waals surface area contributed by atoms with Gasteiger partial charge in [0.15, 0.2) is 0 Å². The number of aromatic nitrogens is 2. The zero-order valence-electron chi connectivity index (χ0n) is 10.9. The van der Waals surface area contributed by atoms with E-state index in [1.165, 1.54) is 0 Å². The Morgan fingerprint density at radius 2 is 1.90 bits per heavy atom. The lowest BCUT2D eigenvalue weighted by molar-refractivity contribution is 0.796. The number of anilines is 1. The van der Waals surface area contributed by atoms with Crippen LogP contribution in [-0.2, 0) is 6.54 Å². The first kappa shape index (κ1) is 13.3. The molecule has 0 saturated carbocycles. The molecule has 0 radical (unpaired) electrons. The number of imidazole rings is 1. The van der Waals surface area contributed by atoms with Crippen molar-refractivity contribution in [3.63, 3.8) is 0 Å². The Balaban J connectivity index is 2.30. The Bertz CT molecular complexity index is 773. The van der Waals surface area contributed by atoms with Gasteiger partial charge in [-0.2, -0.15) is 0 Å². The molecule has 0 amide bonds. The smallest absolute Gasteiger partial charge is 0.141 e. The molecule has 0 aliphatic rings. The van der Waals surface area contributed by atoms with Crippen molar-refractivity contribution in [1.29, 1.82) is 0 Å². The van der Waals surface area contributed by atoms with Crippen LogP contribution in [0.3, 0.4) is 0 Å². The second-order valence-electron chi connectivity index (χ2n) is 4.59. The summed E-state index contributed by atoms with van der Waals surface area (Å²) in [7, 11) is 0. The highest BCUT2D eigenvalue weighted by Gasteiger charge is 2.12. The van der Waals surface area contributed by atoms with Crippen LogP contribution in [0.4, 0.5) is 5.69 Å². The fraction of sp³-hybridized carbons (Fsp3) is 0.133. The monoisotopic (exact) mass is 305 g/mol. The number of aryl methyl sites for hydroxylation is 1. The van der Waals surface area contributed by atoms with Crippen molar-refractivity contribution in [3.8, 4) is 11.4 Å². The summed E-state index contributed by atoms with van der Waals surface area (Å²) in [6.45, 7) is 2.86. The van der Waals surface area contributed by atoms with Gasteiger partial charge in [0, 0.05) is 27.8 Å². The second kappa shape index (κ2) is 5.00. The van der Waals surface area contributed by atoms with Gasteiger partial charge in [-0.1, -0.05) is 23.2 Å². The minimum Gasteiger partial charge on any atom is -0.399 e. The summed E-state index contributed by atoms with van der Waals surface area (Å²) in [5.41, 5.74) is 9.31. The average molecular weight is 306 g/mol. The van der Waals surface area contributed by atoms with Gasteiger partial charge in [-0.3, -0.25) is 0 Å². The summed E-state index contributed by atoms with van der Waals surface area (Å²) in [4.78, 5) is 4.67. The van der Waals surface area contributed by atoms with E-state index >= 15 is 0 Å². The van der Waals surface area contributed by atoms with Crippen LogP contribution in [0.2, 0.25) is 10.0 Å². The number of nitrogens with two attached hydrogens (primary N) is 1. The molecule has 0 fully saturated rings. The van der Waals surface area contributed by atoms with Crippen molar-refractivity contribution in [1.82, 2.24) is 9.55 Å². The van der Waals surface area contributed by atoms with Crippen LogP contribution in [0.5, 0.6) is 0 Å². The standard InChI is InChI=1S/C15H13Cl2N3/c1-2-20-14-8-10(16)3-4-13(14)19-15(20)9-5-11(17)7-12(18)6-9/h3-8H,2,18H2,1H3. The summed E-state index contributed by atoms with van der Waals surface area (Å²) in [5.74, 6) is 0.846. The van der Waals surface area contributed by atoms with Gasteiger partial charge < -0.3 is 10.3 Å². The van der Waals surface area contributed by atoms with E-state index in [0.29, 0.717) is 15.7 Å². The van der Waals surface area contributed by atoms with Gasteiger partial charge in [0.2, 0.25) is 0 Å². The quantitative estimate of drug-likeness (QED) is 0.702. The van der Waals surface area contributed by atoms with Crippen molar-refractivity contribution in [2.45, 2.75) is 13.5 Å². The predicted molar refractivity (Wildman–Crippen MR) is 85.3 cm³/mol. The van der Waals surface area contributed by atoms with Crippen molar-refractivity contribution < 1.29 is 0 Å². The zero-order chi connectivity index (χ0) is 14.3. The molecule has 20 heavy (non-hydrogen) atoms. The van der Waals surface area contributed by atoms with Crippen LogP contribution >= 0.6 is 23.2 Å². The van der Waals surface area contributed by atoms with Crippen molar-refractivity contribution >= 4 is 39.9 Å². The molecule has 3 rings (SSSR count). The van der Waals surface area contributed by atoms with Crippen molar-refractivity contribution in [3.05, 3.63) is 46.4 Å². The van der Waals surface area contributed by atoms with Gasteiger partial charge in [0.05, 0.1) is 11.0 Å². The SMILES string of the molecule is CCn1c(-c2cc(N)cc(Cl)c2)nc2ccc(Cl)cc21. The Labute approximate surface area is 126 Å². The first-order chi connectivity index (χ1) is 9.58. The second-order valence-corrected chi connectivity index (χ2v) is 5.46. The highest BCUT2D eigenvalue weighted by molar-refractivity contribution is 6.31. The van der Waals surface area contributed by atoms with Gasteiger partial charge in [-0.25, -0.2) is 4.98 Å². The third-order valence-electron chi connectivity index (χ3n) is 3.20. The molecule has 0 saturated heterocycles. The Morgan fingerprint density at radius 3 is 2.60 bits per heavy atom. The Morgan fingerprint density at radius 1 is 1.10 bits per heavy atom. The molecule has 0 unspecified atom stereocenters. The normalized spacial score (nSPS) is 11.2. The Hall–Kier alpha value is -1.71. The van der Waals surface area contributed by atoms with Crippen LogP contribution in [-0.4, -0.2) is 9.55 Å². The van der Waals surface area contributed by atoms with Crippen molar-refractivity contribution in [2.24, 2.45) is 0 Å². The summed E-state index contributed by atoms with van der Waals surface area (Å²) < 4.78 is 2.10. The lowest BCUT2D eigenvalue weighted by Gasteiger charge is -2.07. The maximum absolute atomic E-state index is 6.08. The molecule has 0 atom stereocenters. The molecule has 3 nitrogen and oxygen atoms in total. The van der Waals surface area contributed by atoms with E-state index in [9.17, 15) is 0 Å². The number of halogens is 2. The molecular weight excluding hydrogens is 293 g/mol. The maximum atomic E-state index is 6.08. The number of rotatable bonds is 2. The van der Waals surface area contributed by atoms with E-state index in [1.54, 1.807) is 6.07 Å². The first-order valence-electron chi connectivity index (χ1n) is 6.30. The molecule has 102 valence electrons. The van der Waals surface area contributed by atoms with E-state index < -0.39 is 0 Å². The van der Waals surface area contributed by atoms with Gasteiger partial charge in [0.25, 0.3) is 0 Å². The van der Waals surface area contributed by atoms with Gasteiger partial charge in [0.1, 0.15) is 5.82 Å². The number of nitrogens with zero attached hydrogens (tertiary/aromatic N) is 2. The molecule has 2 aromatic carbocycles. The molecule has 0 spiro atoms. The molecule has 0 aliphatic heterocycles. The van der Waals surface area contributed by atoms with Crippen LogP contribution in [0.25, 0.3) is 22.4 Å². The van der Waals surface area contributed by atoms with E-state index in [2.05, 4.69) is 16.5 Å². The molecule has 1 aromatic heterocycles. The highest BCUT2D eigenvalue weighted by Crippen LogP contribution is 2.29. The third kappa shape index (κ3) is 2.23. The maximum Gasteiger partial charge on any atom is 0.141 e. The molecule has 3 aromatic rings. The zero-order valence-corrected chi connectivity index (χ0v) is 12.4. The highest BCUT2D eigenvalue weighted by atomic mass is 35.5. The van der Waals surface area contributed by atoms with Gasteiger partial charge >= 0.3 is 0 Å². The average Bonchev–Trinajstić information content (AvgIpc) is 2.75. The summed E-state index contributed by atoms with van der Waals surface area (Å²) in [6, 6.07) is 11.1. The topological polar surface area (TPSA) is 43.8 Å². The van der Waals surface area contributed by atoms with Gasteiger partial charge in [-0.05, 0) is 43.3 Å². The summed E-state index contributed by atoms with van der Waals surface area (Å²) in [5, 5.41) is 1.30. The molecule has 0 aliphatic carbocycles. The van der Waals surface area contributed by atoms with Gasteiger partial charge in [-0.15, -0.1) is 0 Å². The first-order valence-corrected chi connectivity index (χ1v) is 7.06. The predicted octanol–water partition coefficient (Wildman–Crippen LogP) is 4.61. The van der Waals surface area contributed by atoms with E-state index in [-0.39, 0.29) is 0 Å². The molecule has 1 heterocycles. The van der Waals surface area contributed by atoms with Crippen molar-refractivity contribution in [2.75, 3.05) is 5.73 Å². The number of hydrogen-bond donors (Lipinski definition) is 1. The summed E-state index contributed by atoms with van der Waals surface area (Å²) >= 11 is 12.2. The fourth-order valence-electron chi connectivity index (χ4n) is 2.38. The largest absolute Gasteiger partial charge is 0.399 e. The number of fused-ring (bicyclic) bond motifs is 1. The summed E-state index contributed by atoms with van der Waals surface area (Å²) in [6.07, 6.45) is 0. The number of hydrogen-bond acceptors (Lipinski definition) is 2. The molecular formula is C15H13Cl2N3. The third-order valence-corrected chi connectivity index (χ3v) is 3.66. The van der Waals surface area contributed by atoms with Crippen LogP contribution in [0.1, 0.15) is 6.92 Å². The van der Waals surface area contributed by atoms with Crippen LogP contribution < -0.4 is 5.73 Å². The molecule has 2 N–H and O–H groups in total.